The quantitative estimate of drug-likeness (QED) is 0.669. The van der Waals surface area contributed by atoms with Crippen molar-refractivity contribution in [2.45, 2.75) is 27.3 Å². The van der Waals surface area contributed by atoms with Crippen LogP contribution in [0.15, 0.2) is 29.1 Å². The Morgan fingerprint density at radius 1 is 1.32 bits per heavy atom. The van der Waals surface area contributed by atoms with Crippen molar-refractivity contribution in [3.63, 3.8) is 0 Å². The summed E-state index contributed by atoms with van der Waals surface area (Å²) < 4.78 is 20.4. The molecule has 0 saturated heterocycles. The molecule has 0 atom stereocenters. The number of aromatic nitrogens is 2. The van der Waals surface area contributed by atoms with Gasteiger partial charge in [0, 0.05) is 5.56 Å². The topological polar surface area (TPSA) is 61.2 Å². The molecule has 0 amide bonds. The molecule has 5 nitrogen and oxygen atoms in total. The predicted octanol–water partition coefficient (Wildman–Crippen LogP) is 3.44. The summed E-state index contributed by atoms with van der Waals surface area (Å²) in [6, 6.07) is 6.32. The molecule has 0 bridgehead atoms. The van der Waals surface area contributed by atoms with Gasteiger partial charge in [-0.3, -0.25) is 9.36 Å². The van der Waals surface area contributed by atoms with Gasteiger partial charge in [0.15, 0.2) is 0 Å². The molecule has 0 spiro atoms. The fourth-order valence-corrected chi connectivity index (χ4v) is 3.80. The lowest BCUT2D eigenvalue weighted by Gasteiger charge is -2.10. The Kier molecular flexibility index (Phi) is 4.67. The van der Waals surface area contributed by atoms with Crippen molar-refractivity contribution in [1.82, 2.24) is 9.55 Å². The van der Waals surface area contributed by atoms with Crippen molar-refractivity contribution in [3.8, 4) is 0 Å². The zero-order valence-corrected chi connectivity index (χ0v) is 14.9. The zero-order valence-electron chi connectivity index (χ0n) is 14.1. The molecule has 2 heterocycles. The molecule has 2 aromatic heterocycles. The molecule has 0 fully saturated rings. The zero-order chi connectivity index (χ0) is 18.1. The van der Waals surface area contributed by atoms with E-state index in [1.165, 1.54) is 10.6 Å². The molecule has 0 radical (unpaired) electrons. The smallest absolute Gasteiger partial charge is 0.348 e. The molecule has 3 aromatic rings. The Hall–Kier alpha value is -2.54. The number of nitrogens with zero attached hydrogens (tertiary/aromatic N) is 2. The van der Waals surface area contributed by atoms with Gasteiger partial charge >= 0.3 is 5.97 Å². The maximum Gasteiger partial charge on any atom is 0.348 e. The van der Waals surface area contributed by atoms with E-state index in [0.29, 0.717) is 32.0 Å². The number of halogens is 1. The van der Waals surface area contributed by atoms with E-state index in [2.05, 4.69) is 4.98 Å². The highest BCUT2D eigenvalue weighted by atomic mass is 32.1. The van der Waals surface area contributed by atoms with Gasteiger partial charge in [-0.1, -0.05) is 18.2 Å². The normalized spacial score (nSPS) is 11.0. The molecular weight excluding hydrogens is 343 g/mol. The van der Waals surface area contributed by atoms with Crippen molar-refractivity contribution < 1.29 is 13.9 Å². The minimum Gasteiger partial charge on any atom is -0.462 e. The van der Waals surface area contributed by atoms with Crippen molar-refractivity contribution in [3.05, 3.63) is 62.3 Å². The van der Waals surface area contributed by atoms with Crippen molar-refractivity contribution >= 4 is 27.5 Å². The third kappa shape index (κ3) is 3.07. The predicted molar refractivity (Wildman–Crippen MR) is 94.8 cm³/mol. The van der Waals surface area contributed by atoms with E-state index >= 15 is 0 Å². The number of hydrogen-bond acceptors (Lipinski definition) is 5. The Labute approximate surface area is 147 Å². The van der Waals surface area contributed by atoms with Gasteiger partial charge in [-0.25, -0.2) is 14.2 Å². The Morgan fingerprint density at radius 2 is 2.04 bits per heavy atom. The van der Waals surface area contributed by atoms with Crippen LogP contribution in [0.5, 0.6) is 0 Å². The van der Waals surface area contributed by atoms with Crippen LogP contribution < -0.4 is 5.56 Å². The van der Waals surface area contributed by atoms with E-state index < -0.39 is 5.97 Å². The standard InChI is InChI=1S/C18H17FN2O3S/c1-4-24-18(23)15-10(2)14-16(25-15)20-11(3)21(17(14)22)9-12-7-5-6-8-13(12)19/h5-8H,4,9H2,1-3H3. The van der Waals surface area contributed by atoms with Crippen LogP contribution in [-0.2, 0) is 11.3 Å². The summed E-state index contributed by atoms with van der Waals surface area (Å²) >= 11 is 1.15. The third-order valence-electron chi connectivity index (χ3n) is 3.99. The summed E-state index contributed by atoms with van der Waals surface area (Å²) in [6.45, 7) is 5.48. The largest absolute Gasteiger partial charge is 0.462 e. The number of thiophene rings is 1. The van der Waals surface area contributed by atoms with Crippen LogP contribution in [0, 0.1) is 19.7 Å². The average Bonchev–Trinajstić information content (AvgIpc) is 2.90. The number of ether oxygens (including phenoxy) is 1. The van der Waals surface area contributed by atoms with Gasteiger partial charge in [-0.2, -0.15) is 0 Å². The highest BCUT2D eigenvalue weighted by Crippen LogP contribution is 2.28. The minimum atomic E-state index is -0.458. The van der Waals surface area contributed by atoms with Crippen LogP contribution in [-0.4, -0.2) is 22.1 Å². The molecule has 1 aromatic carbocycles. The second-order valence-corrected chi connectivity index (χ2v) is 6.60. The summed E-state index contributed by atoms with van der Waals surface area (Å²) in [5.74, 6) is -0.360. The molecule has 0 unspecified atom stereocenters. The minimum absolute atomic E-state index is 0.0876. The van der Waals surface area contributed by atoms with E-state index in [4.69, 9.17) is 4.74 Å². The second kappa shape index (κ2) is 6.76. The van der Waals surface area contributed by atoms with Crippen molar-refractivity contribution in [1.29, 1.82) is 0 Å². The third-order valence-corrected chi connectivity index (χ3v) is 5.15. The van der Waals surface area contributed by atoms with Gasteiger partial charge in [0.05, 0.1) is 18.5 Å². The molecule has 25 heavy (non-hydrogen) atoms. The van der Waals surface area contributed by atoms with Crippen LogP contribution in [0.2, 0.25) is 0 Å². The average molecular weight is 360 g/mol. The number of esters is 1. The lowest BCUT2D eigenvalue weighted by atomic mass is 10.2. The molecule has 0 aliphatic carbocycles. The van der Waals surface area contributed by atoms with Crippen LogP contribution in [0.1, 0.15) is 33.5 Å². The van der Waals surface area contributed by atoms with Crippen LogP contribution in [0.3, 0.4) is 0 Å². The molecule has 0 aliphatic rings. The van der Waals surface area contributed by atoms with E-state index in [0.717, 1.165) is 11.3 Å². The van der Waals surface area contributed by atoms with E-state index in [9.17, 15) is 14.0 Å². The number of hydrogen-bond donors (Lipinski definition) is 0. The molecule has 130 valence electrons. The second-order valence-electron chi connectivity index (χ2n) is 5.60. The molecule has 3 rings (SSSR count). The summed E-state index contributed by atoms with van der Waals surface area (Å²) in [7, 11) is 0. The molecule has 7 heteroatoms. The van der Waals surface area contributed by atoms with Gasteiger partial charge in [0.2, 0.25) is 0 Å². The number of carbonyl (C=O) groups is 1. The van der Waals surface area contributed by atoms with Gasteiger partial charge < -0.3 is 4.74 Å². The highest BCUT2D eigenvalue weighted by Gasteiger charge is 2.21. The first kappa shape index (κ1) is 17.3. The van der Waals surface area contributed by atoms with Gasteiger partial charge in [-0.05, 0) is 32.4 Å². The molecule has 0 N–H and O–H groups in total. The fourth-order valence-electron chi connectivity index (χ4n) is 2.69. The molecular formula is C18H17FN2O3S. The first-order valence-corrected chi connectivity index (χ1v) is 8.66. The van der Waals surface area contributed by atoms with Gasteiger partial charge in [-0.15, -0.1) is 11.3 Å². The summed E-state index contributed by atoms with van der Waals surface area (Å²) in [5, 5.41) is 0.384. The van der Waals surface area contributed by atoms with E-state index in [-0.39, 0.29) is 24.5 Å². The van der Waals surface area contributed by atoms with Crippen molar-refractivity contribution in [2.24, 2.45) is 0 Å². The number of carbonyl (C=O) groups excluding carboxylic acids is 1. The van der Waals surface area contributed by atoms with Crippen LogP contribution >= 0.6 is 11.3 Å². The summed E-state index contributed by atoms with van der Waals surface area (Å²) in [6.07, 6.45) is 0. The maximum absolute atomic E-state index is 13.9. The fraction of sp³-hybridized carbons (Fsp3) is 0.278. The lowest BCUT2D eigenvalue weighted by Crippen LogP contribution is -2.24. The Bertz CT molecular complexity index is 1020. The van der Waals surface area contributed by atoms with E-state index in [1.54, 1.807) is 39.0 Å². The van der Waals surface area contributed by atoms with Crippen LogP contribution in [0.25, 0.3) is 10.2 Å². The monoisotopic (exact) mass is 360 g/mol. The highest BCUT2D eigenvalue weighted by molar-refractivity contribution is 7.20. The van der Waals surface area contributed by atoms with Crippen LogP contribution in [0.4, 0.5) is 4.39 Å². The number of fused-ring (bicyclic) bond motifs is 1. The molecule has 0 aliphatic heterocycles. The maximum atomic E-state index is 13.9. The Morgan fingerprint density at radius 3 is 2.72 bits per heavy atom. The lowest BCUT2D eigenvalue weighted by molar-refractivity contribution is 0.0531. The SMILES string of the molecule is CCOC(=O)c1sc2nc(C)n(Cc3ccccc3F)c(=O)c2c1C. The first-order chi connectivity index (χ1) is 11.9. The summed E-state index contributed by atoms with van der Waals surface area (Å²) in [5.41, 5.74) is 0.681. The van der Waals surface area contributed by atoms with Crippen molar-refractivity contribution in [2.75, 3.05) is 6.61 Å². The van der Waals surface area contributed by atoms with Gasteiger partial charge in [0.1, 0.15) is 21.3 Å². The first-order valence-electron chi connectivity index (χ1n) is 7.85. The Balaban J connectivity index is 2.15. The molecule has 0 saturated carbocycles. The number of benzene rings is 1. The number of rotatable bonds is 4. The number of aryl methyl sites for hydroxylation is 2. The van der Waals surface area contributed by atoms with E-state index in [1.807, 2.05) is 0 Å². The van der Waals surface area contributed by atoms with Gasteiger partial charge in [0.25, 0.3) is 5.56 Å². The summed E-state index contributed by atoms with van der Waals surface area (Å²) in [4.78, 5) is 30.3.